The number of hydrogen-bond acceptors (Lipinski definition) is 3. The first-order chi connectivity index (χ1) is 8.94. The molecule has 0 saturated carbocycles. The van der Waals surface area contributed by atoms with Gasteiger partial charge in [0, 0.05) is 30.4 Å². The lowest BCUT2D eigenvalue weighted by Crippen LogP contribution is -2.63. The van der Waals surface area contributed by atoms with E-state index in [2.05, 4.69) is 61.9 Å². The summed E-state index contributed by atoms with van der Waals surface area (Å²) in [6.45, 7) is 9.68. The molecule has 1 unspecified atom stereocenters. The number of hydrogen-bond donors (Lipinski definition) is 1. The summed E-state index contributed by atoms with van der Waals surface area (Å²) in [7, 11) is 2.23. The molecule has 3 heteroatoms. The molecule has 3 nitrogen and oxygen atoms in total. The van der Waals surface area contributed by atoms with Crippen LogP contribution in [0.2, 0.25) is 0 Å². The molecular formula is C16H27N3. The monoisotopic (exact) mass is 261 g/mol. The van der Waals surface area contributed by atoms with Gasteiger partial charge < -0.3 is 10.6 Å². The molecule has 1 aliphatic rings. The third-order valence-corrected chi connectivity index (χ3v) is 4.38. The number of nitrogens with zero attached hydrogens (tertiary/aromatic N) is 2. The molecule has 1 aromatic rings. The summed E-state index contributed by atoms with van der Waals surface area (Å²) in [5.74, 6) is 0. The minimum atomic E-state index is 0.182. The summed E-state index contributed by atoms with van der Waals surface area (Å²) in [6, 6.07) is 9.33. The van der Waals surface area contributed by atoms with E-state index in [0.717, 1.165) is 26.1 Å². The Morgan fingerprint density at radius 2 is 2.11 bits per heavy atom. The quantitative estimate of drug-likeness (QED) is 0.906. The Bertz CT molecular complexity index is 428. The molecule has 0 aromatic heterocycles. The van der Waals surface area contributed by atoms with Crippen molar-refractivity contribution in [2.75, 3.05) is 31.6 Å². The van der Waals surface area contributed by atoms with Gasteiger partial charge >= 0.3 is 0 Å². The molecule has 19 heavy (non-hydrogen) atoms. The first kappa shape index (κ1) is 14.4. The van der Waals surface area contributed by atoms with Crippen LogP contribution in [-0.2, 0) is 0 Å². The molecule has 1 saturated heterocycles. The van der Waals surface area contributed by atoms with Gasteiger partial charge in [0.25, 0.3) is 0 Å². The maximum Gasteiger partial charge on any atom is 0.0370 e. The minimum Gasteiger partial charge on any atom is -0.368 e. The van der Waals surface area contributed by atoms with E-state index >= 15 is 0 Å². The van der Waals surface area contributed by atoms with Crippen LogP contribution < -0.4 is 10.6 Å². The van der Waals surface area contributed by atoms with E-state index in [1.54, 1.807) is 0 Å². The molecule has 106 valence electrons. The molecule has 1 heterocycles. The average molecular weight is 261 g/mol. The van der Waals surface area contributed by atoms with E-state index in [4.69, 9.17) is 5.73 Å². The molecule has 1 aliphatic heterocycles. The molecule has 1 fully saturated rings. The number of anilines is 1. The van der Waals surface area contributed by atoms with Crippen molar-refractivity contribution in [3.8, 4) is 0 Å². The first-order valence-electron chi connectivity index (χ1n) is 7.18. The fraction of sp³-hybridized carbons (Fsp3) is 0.625. The average Bonchev–Trinajstić information content (AvgIpc) is 2.35. The molecular weight excluding hydrogens is 234 g/mol. The second-order valence-electron chi connectivity index (χ2n) is 6.37. The summed E-state index contributed by atoms with van der Waals surface area (Å²) in [5, 5.41) is 0. The molecule has 0 bridgehead atoms. The molecule has 0 spiro atoms. The number of benzene rings is 1. The van der Waals surface area contributed by atoms with Crippen LogP contribution in [0.1, 0.15) is 25.8 Å². The van der Waals surface area contributed by atoms with Gasteiger partial charge in [0.1, 0.15) is 0 Å². The highest BCUT2D eigenvalue weighted by atomic mass is 15.3. The summed E-state index contributed by atoms with van der Waals surface area (Å²) >= 11 is 0. The van der Waals surface area contributed by atoms with Crippen molar-refractivity contribution in [3.63, 3.8) is 0 Å². The van der Waals surface area contributed by atoms with Crippen molar-refractivity contribution in [1.82, 2.24) is 4.90 Å². The van der Waals surface area contributed by atoms with Crippen LogP contribution in [0.3, 0.4) is 0 Å². The molecule has 1 atom stereocenters. The van der Waals surface area contributed by atoms with Crippen molar-refractivity contribution in [2.24, 2.45) is 5.73 Å². The highest BCUT2D eigenvalue weighted by Gasteiger charge is 2.37. The predicted molar refractivity (Wildman–Crippen MR) is 82.7 cm³/mol. The number of likely N-dealkylation sites (N-methyl/N-ethyl adjacent to an activating group) is 1. The van der Waals surface area contributed by atoms with Crippen LogP contribution in [0.15, 0.2) is 24.3 Å². The third kappa shape index (κ3) is 3.10. The number of nitrogens with two attached hydrogens (primary N) is 1. The Labute approximate surface area is 117 Å². The maximum absolute atomic E-state index is 5.77. The van der Waals surface area contributed by atoms with Gasteiger partial charge in [0.05, 0.1) is 0 Å². The van der Waals surface area contributed by atoms with Gasteiger partial charge in [0.15, 0.2) is 0 Å². The Morgan fingerprint density at radius 1 is 1.37 bits per heavy atom. The number of rotatable bonds is 3. The van der Waals surface area contributed by atoms with Gasteiger partial charge in [-0.3, -0.25) is 4.90 Å². The summed E-state index contributed by atoms with van der Waals surface area (Å²) in [5.41, 5.74) is 8.62. The second kappa shape index (κ2) is 5.51. The van der Waals surface area contributed by atoms with Crippen molar-refractivity contribution >= 4 is 5.69 Å². The first-order valence-corrected chi connectivity index (χ1v) is 7.18. The molecule has 2 rings (SSSR count). The zero-order valence-corrected chi connectivity index (χ0v) is 12.7. The SMILES string of the molecule is Cc1cccc(N2CC(CCN)N(C)C(C)(C)C2)c1. The van der Waals surface area contributed by atoms with Crippen LogP contribution in [-0.4, -0.2) is 43.2 Å². The largest absolute Gasteiger partial charge is 0.368 e. The Hall–Kier alpha value is -1.06. The van der Waals surface area contributed by atoms with E-state index in [-0.39, 0.29) is 5.54 Å². The third-order valence-electron chi connectivity index (χ3n) is 4.38. The fourth-order valence-corrected chi connectivity index (χ4v) is 3.01. The van der Waals surface area contributed by atoms with Gasteiger partial charge in [-0.1, -0.05) is 12.1 Å². The summed E-state index contributed by atoms with van der Waals surface area (Å²) in [6.07, 6.45) is 1.06. The lowest BCUT2D eigenvalue weighted by Gasteiger charge is -2.51. The fourth-order valence-electron chi connectivity index (χ4n) is 3.01. The molecule has 0 aliphatic carbocycles. The van der Waals surface area contributed by atoms with E-state index in [1.165, 1.54) is 11.3 Å². The molecule has 2 N–H and O–H groups in total. The van der Waals surface area contributed by atoms with Crippen LogP contribution in [0.4, 0.5) is 5.69 Å². The van der Waals surface area contributed by atoms with Crippen LogP contribution in [0.5, 0.6) is 0 Å². The smallest absolute Gasteiger partial charge is 0.0370 e. The van der Waals surface area contributed by atoms with Crippen molar-refractivity contribution in [2.45, 2.75) is 38.8 Å². The van der Waals surface area contributed by atoms with Gasteiger partial charge in [-0.15, -0.1) is 0 Å². The van der Waals surface area contributed by atoms with Gasteiger partial charge in [-0.25, -0.2) is 0 Å². The highest BCUT2D eigenvalue weighted by molar-refractivity contribution is 5.49. The zero-order valence-electron chi connectivity index (χ0n) is 12.7. The summed E-state index contributed by atoms with van der Waals surface area (Å²) < 4.78 is 0. The molecule has 1 aromatic carbocycles. The highest BCUT2D eigenvalue weighted by Crippen LogP contribution is 2.29. The second-order valence-corrected chi connectivity index (χ2v) is 6.37. The van der Waals surface area contributed by atoms with Gasteiger partial charge in [-0.2, -0.15) is 0 Å². The van der Waals surface area contributed by atoms with Gasteiger partial charge in [0.2, 0.25) is 0 Å². The van der Waals surface area contributed by atoms with Crippen molar-refractivity contribution < 1.29 is 0 Å². The minimum absolute atomic E-state index is 0.182. The van der Waals surface area contributed by atoms with Gasteiger partial charge in [-0.05, 0) is 58.5 Å². The maximum atomic E-state index is 5.77. The normalized spacial score (nSPS) is 23.6. The van der Waals surface area contributed by atoms with Crippen LogP contribution >= 0.6 is 0 Å². The lowest BCUT2D eigenvalue weighted by atomic mass is 9.93. The number of piperazine rings is 1. The van der Waals surface area contributed by atoms with Crippen molar-refractivity contribution in [3.05, 3.63) is 29.8 Å². The predicted octanol–water partition coefficient (Wildman–Crippen LogP) is 2.24. The van der Waals surface area contributed by atoms with Crippen LogP contribution in [0.25, 0.3) is 0 Å². The van der Waals surface area contributed by atoms with E-state index < -0.39 is 0 Å². The summed E-state index contributed by atoms with van der Waals surface area (Å²) in [4.78, 5) is 5.00. The van der Waals surface area contributed by atoms with E-state index in [0.29, 0.717) is 6.04 Å². The van der Waals surface area contributed by atoms with Crippen molar-refractivity contribution in [1.29, 1.82) is 0 Å². The Morgan fingerprint density at radius 3 is 2.74 bits per heavy atom. The Kier molecular flexibility index (Phi) is 4.16. The van der Waals surface area contributed by atoms with E-state index in [1.807, 2.05) is 0 Å². The zero-order chi connectivity index (χ0) is 14.0. The number of aryl methyl sites for hydroxylation is 1. The topological polar surface area (TPSA) is 32.5 Å². The van der Waals surface area contributed by atoms with Crippen LogP contribution in [0, 0.1) is 6.92 Å². The molecule has 0 amide bonds. The lowest BCUT2D eigenvalue weighted by molar-refractivity contribution is 0.0770. The molecule has 0 radical (unpaired) electrons. The van der Waals surface area contributed by atoms with E-state index in [9.17, 15) is 0 Å². The Balaban J connectivity index is 2.22. The standard InChI is InChI=1S/C16H27N3/c1-13-6-5-7-14(10-13)19-11-15(8-9-17)18(4)16(2,3)12-19/h5-7,10,15H,8-9,11-12,17H2,1-4H3.